The number of amides is 1. The van der Waals surface area contributed by atoms with Crippen LogP contribution in [0.15, 0.2) is 65.7 Å². The average Bonchev–Trinajstić information content (AvgIpc) is 3.31. The number of nitrogens with zero attached hydrogens (tertiary/aromatic N) is 6. The van der Waals surface area contributed by atoms with E-state index in [0.717, 1.165) is 16.1 Å². The lowest BCUT2D eigenvalue weighted by Gasteiger charge is -2.36. The lowest BCUT2D eigenvalue weighted by Crippen LogP contribution is -2.50. The van der Waals surface area contributed by atoms with Crippen molar-refractivity contribution in [2.45, 2.75) is 6.54 Å². The zero-order valence-electron chi connectivity index (χ0n) is 18.6. The minimum absolute atomic E-state index is 0.152. The predicted octanol–water partition coefficient (Wildman–Crippen LogP) is 2.05. The number of carbonyl (C=O) groups excluding carboxylic acids is 1. The first-order chi connectivity index (χ1) is 16.5. The number of anilines is 1. The molecule has 1 aliphatic heterocycles. The molecule has 5 rings (SSSR count). The molecule has 10 heteroatoms. The highest BCUT2D eigenvalue weighted by Crippen LogP contribution is 2.28. The van der Waals surface area contributed by atoms with Crippen molar-refractivity contribution < 1.29 is 13.9 Å². The number of hydrogen-bond acceptors (Lipinski definition) is 6. The molecular weight excluding hydrogens is 439 g/mol. The Morgan fingerprint density at radius 2 is 1.79 bits per heavy atom. The van der Waals surface area contributed by atoms with Crippen molar-refractivity contribution in [3.05, 3.63) is 77.1 Å². The maximum Gasteiger partial charge on any atom is 0.293 e. The van der Waals surface area contributed by atoms with Crippen molar-refractivity contribution in [2.24, 2.45) is 0 Å². The topological polar surface area (TPSA) is 85.0 Å². The van der Waals surface area contributed by atoms with Gasteiger partial charge in [0.15, 0.2) is 0 Å². The van der Waals surface area contributed by atoms with Crippen molar-refractivity contribution in [3.63, 3.8) is 0 Å². The number of hydrogen-bond donors (Lipinski definition) is 0. The van der Waals surface area contributed by atoms with Crippen LogP contribution in [0.3, 0.4) is 0 Å². The van der Waals surface area contributed by atoms with E-state index in [1.807, 2.05) is 24.3 Å². The van der Waals surface area contributed by atoms with Crippen LogP contribution in [-0.2, 0) is 11.3 Å². The van der Waals surface area contributed by atoms with E-state index in [4.69, 9.17) is 4.74 Å². The van der Waals surface area contributed by atoms with Crippen LogP contribution in [-0.4, -0.2) is 63.5 Å². The van der Waals surface area contributed by atoms with Gasteiger partial charge < -0.3 is 14.5 Å². The predicted molar refractivity (Wildman–Crippen MR) is 124 cm³/mol. The van der Waals surface area contributed by atoms with Crippen molar-refractivity contribution in [1.82, 2.24) is 24.3 Å². The van der Waals surface area contributed by atoms with Gasteiger partial charge in [0.2, 0.25) is 5.91 Å². The summed E-state index contributed by atoms with van der Waals surface area (Å²) in [6.07, 6.45) is 1.40. The zero-order valence-corrected chi connectivity index (χ0v) is 18.6. The summed E-state index contributed by atoms with van der Waals surface area (Å²) in [5.41, 5.74) is 2.08. The number of aromatic nitrogens is 4. The summed E-state index contributed by atoms with van der Waals surface area (Å²) in [6.45, 7) is 2.25. The van der Waals surface area contributed by atoms with Gasteiger partial charge in [0.1, 0.15) is 30.0 Å². The van der Waals surface area contributed by atoms with Gasteiger partial charge in [-0.2, -0.15) is 10.2 Å². The molecule has 2 aromatic heterocycles. The number of methoxy groups -OCH3 is 1. The number of benzene rings is 2. The first kappa shape index (κ1) is 21.6. The van der Waals surface area contributed by atoms with Crippen molar-refractivity contribution in [1.29, 1.82) is 0 Å². The van der Waals surface area contributed by atoms with E-state index in [0.29, 0.717) is 43.0 Å². The summed E-state index contributed by atoms with van der Waals surface area (Å²) >= 11 is 0. The van der Waals surface area contributed by atoms with Crippen molar-refractivity contribution in [3.8, 4) is 17.0 Å². The molecule has 0 spiro atoms. The van der Waals surface area contributed by atoms with E-state index in [2.05, 4.69) is 15.1 Å². The molecule has 9 nitrogen and oxygen atoms in total. The number of rotatable bonds is 5. The van der Waals surface area contributed by atoms with Gasteiger partial charge in [-0.05, 0) is 42.5 Å². The van der Waals surface area contributed by atoms with E-state index in [1.54, 1.807) is 30.2 Å². The van der Waals surface area contributed by atoms with Crippen molar-refractivity contribution in [2.75, 3.05) is 38.2 Å². The van der Waals surface area contributed by atoms with Crippen LogP contribution in [0.25, 0.3) is 16.8 Å². The van der Waals surface area contributed by atoms with E-state index >= 15 is 0 Å². The molecule has 0 unspecified atom stereocenters. The monoisotopic (exact) mass is 462 g/mol. The van der Waals surface area contributed by atoms with Gasteiger partial charge in [-0.25, -0.2) is 13.6 Å². The van der Waals surface area contributed by atoms with Gasteiger partial charge in [-0.15, -0.1) is 0 Å². The molecule has 1 fully saturated rings. The molecule has 34 heavy (non-hydrogen) atoms. The highest BCUT2D eigenvalue weighted by Gasteiger charge is 2.24. The Kier molecular flexibility index (Phi) is 5.70. The number of carbonyl (C=O) groups is 1. The van der Waals surface area contributed by atoms with Gasteiger partial charge in [0.25, 0.3) is 5.56 Å². The lowest BCUT2D eigenvalue weighted by molar-refractivity contribution is -0.132. The second-order valence-corrected chi connectivity index (χ2v) is 8.00. The smallest absolute Gasteiger partial charge is 0.293 e. The van der Waals surface area contributed by atoms with Crippen molar-refractivity contribution >= 4 is 17.1 Å². The third-order valence-corrected chi connectivity index (χ3v) is 5.97. The molecule has 0 atom stereocenters. The van der Waals surface area contributed by atoms with Crippen LogP contribution in [0.5, 0.6) is 5.75 Å². The van der Waals surface area contributed by atoms with Gasteiger partial charge in [0, 0.05) is 31.7 Å². The molecule has 0 aliphatic carbocycles. The first-order valence-corrected chi connectivity index (χ1v) is 10.9. The van der Waals surface area contributed by atoms with Crippen LogP contribution >= 0.6 is 0 Å². The molecule has 174 valence electrons. The standard InChI is InChI=1S/C24H23FN6O3/c1-34-22-5-3-2-4-20(22)28-10-12-29(13-11-28)23(32)15-30-24(33)21-14-19(27-31(21)16-26-30)17-6-8-18(25)9-7-17/h2-9,14,16H,10-13,15H2,1H3. The summed E-state index contributed by atoms with van der Waals surface area (Å²) in [5, 5.41) is 8.46. The largest absolute Gasteiger partial charge is 0.495 e. The Bertz CT molecular complexity index is 1390. The highest BCUT2D eigenvalue weighted by molar-refractivity contribution is 5.76. The second-order valence-electron chi connectivity index (χ2n) is 8.00. The Morgan fingerprint density at radius 1 is 1.06 bits per heavy atom. The van der Waals surface area contributed by atoms with Crippen LogP contribution < -0.4 is 15.2 Å². The van der Waals surface area contributed by atoms with Gasteiger partial charge in [0.05, 0.1) is 18.5 Å². The van der Waals surface area contributed by atoms with Crippen LogP contribution in [0.4, 0.5) is 10.1 Å². The van der Waals surface area contributed by atoms with Crippen LogP contribution in [0.2, 0.25) is 0 Å². The minimum Gasteiger partial charge on any atom is -0.495 e. The number of halogens is 1. The van der Waals surface area contributed by atoms with Crippen LogP contribution in [0, 0.1) is 5.82 Å². The van der Waals surface area contributed by atoms with E-state index in [9.17, 15) is 14.0 Å². The second kappa shape index (κ2) is 8.97. The number of piperazine rings is 1. The molecule has 1 saturated heterocycles. The number of para-hydroxylation sites is 2. The third kappa shape index (κ3) is 4.09. The normalized spacial score (nSPS) is 13.9. The third-order valence-electron chi connectivity index (χ3n) is 5.97. The summed E-state index contributed by atoms with van der Waals surface area (Å²) in [5.74, 6) is 0.280. The Hall–Kier alpha value is -4.21. The van der Waals surface area contributed by atoms with E-state index < -0.39 is 5.56 Å². The lowest BCUT2D eigenvalue weighted by atomic mass is 10.1. The molecule has 0 radical (unpaired) electrons. The number of fused-ring (bicyclic) bond motifs is 1. The molecule has 0 bridgehead atoms. The highest BCUT2D eigenvalue weighted by atomic mass is 19.1. The summed E-state index contributed by atoms with van der Waals surface area (Å²) in [6, 6.07) is 15.3. The fourth-order valence-corrected chi connectivity index (χ4v) is 4.13. The molecule has 0 N–H and O–H groups in total. The van der Waals surface area contributed by atoms with Crippen LogP contribution in [0.1, 0.15) is 0 Å². The molecule has 4 aromatic rings. The Balaban J connectivity index is 1.29. The minimum atomic E-state index is -0.413. The maximum atomic E-state index is 13.2. The SMILES string of the molecule is COc1ccccc1N1CCN(C(=O)Cn2ncn3nc(-c4ccc(F)cc4)cc3c2=O)CC1. The maximum absolute atomic E-state index is 13.2. The Labute approximate surface area is 194 Å². The fraction of sp³-hybridized carbons (Fsp3) is 0.250. The van der Waals surface area contributed by atoms with Gasteiger partial charge >= 0.3 is 0 Å². The van der Waals surface area contributed by atoms with E-state index in [1.165, 1.54) is 23.0 Å². The zero-order chi connectivity index (χ0) is 23.7. The van der Waals surface area contributed by atoms with E-state index in [-0.39, 0.29) is 18.3 Å². The summed E-state index contributed by atoms with van der Waals surface area (Å²) in [4.78, 5) is 29.8. The number of ether oxygens (including phenoxy) is 1. The summed E-state index contributed by atoms with van der Waals surface area (Å²) < 4.78 is 21.2. The fourth-order valence-electron chi connectivity index (χ4n) is 4.13. The molecular formula is C24H23FN6O3. The first-order valence-electron chi connectivity index (χ1n) is 10.9. The molecule has 0 saturated carbocycles. The summed E-state index contributed by atoms with van der Waals surface area (Å²) in [7, 11) is 1.64. The molecule has 1 aliphatic rings. The Morgan fingerprint density at radius 3 is 2.53 bits per heavy atom. The quantitative estimate of drug-likeness (QED) is 0.451. The average molecular weight is 462 g/mol. The molecule has 3 heterocycles. The van der Waals surface area contributed by atoms with Gasteiger partial charge in [-0.1, -0.05) is 12.1 Å². The molecule has 2 aromatic carbocycles. The van der Waals surface area contributed by atoms with Gasteiger partial charge in [-0.3, -0.25) is 9.59 Å². The molecule has 1 amide bonds.